The predicted molar refractivity (Wildman–Crippen MR) is 96.1 cm³/mol. The van der Waals surface area contributed by atoms with Gasteiger partial charge in [-0.05, 0) is 36.5 Å². The highest BCUT2D eigenvalue weighted by atomic mass is 32.1. The quantitative estimate of drug-likeness (QED) is 0.663. The Morgan fingerprint density at radius 1 is 1.00 bits per heavy atom. The molecule has 6 nitrogen and oxygen atoms in total. The molecule has 3 rings (SSSR count). The van der Waals surface area contributed by atoms with Gasteiger partial charge in [-0.3, -0.25) is 0 Å². The maximum Gasteiger partial charge on any atom is 0.197 e. The van der Waals surface area contributed by atoms with E-state index in [-0.39, 0.29) is 10.5 Å². The van der Waals surface area contributed by atoms with Crippen molar-refractivity contribution in [2.45, 2.75) is 0 Å². The van der Waals surface area contributed by atoms with Gasteiger partial charge >= 0.3 is 0 Å². The molecule has 1 heterocycles. The second kappa shape index (κ2) is 7.23. The van der Waals surface area contributed by atoms with Gasteiger partial charge in [-0.2, -0.15) is 0 Å². The van der Waals surface area contributed by atoms with Crippen LogP contribution in [0.1, 0.15) is 0 Å². The summed E-state index contributed by atoms with van der Waals surface area (Å²) in [6.07, 6.45) is 1.50. The van der Waals surface area contributed by atoms with Gasteiger partial charge in [0.15, 0.2) is 22.0 Å². The van der Waals surface area contributed by atoms with Gasteiger partial charge in [0.05, 0.1) is 26.1 Å². The minimum Gasteiger partial charge on any atom is -0.507 e. The highest BCUT2D eigenvalue weighted by molar-refractivity contribution is 7.71. The highest BCUT2D eigenvalue weighted by Gasteiger charge is 2.15. The SMILES string of the molecule is COc1ccc(-c2[nH]c(=S)ncc2Oc2ccccc2OC)c(O)c1. The van der Waals surface area contributed by atoms with Crippen molar-refractivity contribution < 1.29 is 19.3 Å². The maximum atomic E-state index is 10.3. The first-order chi connectivity index (χ1) is 12.1. The lowest BCUT2D eigenvalue weighted by Crippen LogP contribution is -1.96. The van der Waals surface area contributed by atoms with E-state index >= 15 is 0 Å². The molecule has 2 aromatic carbocycles. The van der Waals surface area contributed by atoms with Crippen LogP contribution in [0, 0.1) is 4.77 Å². The van der Waals surface area contributed by atoms with E-state index < -0.39 is 0 Å². The number of ether oxygens (including phenoxy) is 3. The summed E-state index contributed by atoms with van der Waals surface area (Å²) in [5.41, 5.74) is 1.02. The van der Waals surface area contributed by atoms with Gasteiger partial charge in [-0.1, -0.05) is 12.1 Å². The van der Waals surface area contributed by atoms with Gasteiger partial charge in [-0.25, -0.2) is 4.98 Å². The minimum absolute atomic E-state index is 0.0288. The molecule has 0 saturated heterocycles. The summed E-state index contributed by atoms with van der Waals surface area (Å²) >= 11 is 5.11. The smallest absolute Gasteiger partial charge is 0.197 e. The van der Waals surface area contributed by atoms with Crippen LogP contribution >= 0.6 is 12.2 Å². The molecule has 0 bridgehead atoms. The van der Waals surface area contributed by atoms with Gasteiger partial charge in [0.2, 0.25) is 0 Å². The molecule has 128 valence electrons. The first-order valence-electron chi connectivity index (χ1n) is 7.40. The molecule has 0 saturated carbocycles. The van der Waals surface area contributed by atoms with Crippen LogP contribution in [0.25, 0.3) is 11.3 Å². The number of phenols is 1. The molecule has 2 N–H and O–H groups in total. The fourth-order valence-electron chi connectivity index (χ4n) is 2.33. The number of phenolic OH excluding ortho intramolecular Hbond substituents is 1. The number of methoxy groups -OCH3 is 2. The van der Waals surface area contributed by atoms with E-state index in [1.807, 2.05) is 12.1 Å². The summed E-state index contributed by atoms with van der Waals surface area (Å²) in [6.45, 7) is 0. The molecule has 0 aliphatic carbocycles. The average molecular weight is 356 g/mol. The zero-order valence-corrected chi connectivity index (χ0v) is 14.5. The summed E-state index contributed by atoms with van der Waals surface area (Å²) in [5.74, 6) is 2.07. The fraction of sp³-hybridized carbons (Fsp3) is 0.111. The molecule has 0 amide bonds. The monoisotopic (exact) mass is 356 g/mol. The Hall–Kier alpha value is -3.06. The molecule has 0 fully saturated rings. The van der Waals surface area contributed by atoms with Crippen molar-refractivity contribution in [2.24, 2.45) is 0 Å². The Kier molecular flexibility index (Phi) is 4.85. The van der Waals surface area contributed by atoms with Crippen molar-refractivity contribution in [1.29, 1.82) is 0 Å². The van der Waals surface area contributed by atoms with Gasteiger partial charge in [0.25, 0.3) is 0 Å². The average Bonchev–Trinajstić information content (AvgIpc) is 2.63. The molecule has 0 unspecified atom stereocenters. The van der Waals surface area contributed by atoms with Gasteiger partial charge in [0, 0.05) is 11.6 Å². The van der Waals surface area contributed by atoms with Gasteiger partial charge in [-0.15, -0.1) is 0 Å². The zero-order valence-electron chi connectivity index (χ0n) is 13.6. The number of nitrogens with one attached hydrogen (secondary N) is 1. The Morgan fingerprint density at radius 2 is 1.76 bits per heavy atom. The van der Waals surface area contributed by atoms with Crippen LogP contribution in [0.2, 0.25) is 0 Å². The number of aromatic hydroxyl groups is 1. The van der Waals surface area contributed by atoms with Crippen molar-refractivity contribution in [2.75, 3.05) is 14.2 Å². The molecule has 1 aromatic heterocycles. The number of nitrogens with zero attached hydrogens (tertiary/aromatic N) is 1. The summed E-state index contributed by atoms with van der Waals surface area (Å²) in [4.78, 5) is 7.03. The number of hydrogen-bond donors (Lipinski definition) is 2. The number of benzene rings is 2. The largest absolute Gasteiger partial charge is 0.507 e. The molecule has 0 radical (unpaired) electrons. The number of aromatic nitrogens is 2. The molecular formula is C18H16N2O4S. The zero-order chi connectivity index (χ0) is 17.8. The van der Waals surface area contributed by atoms with Crippen molar-refractivity contribution in [3.63, 3.8) is 0 Å². The lowest BCUT2D eigenvalue weighted by molar-refractivity contribution is 0.378. The van der Waals surface area contributed by atoms with Crippen molar-refractivity contribution in [3.8, 4) is 40.0 Å². The molecule has 0 spiro atoms. The second-order valence-electron chi connectivity index (χ2n) is 5.06. The van der Waals surface area contributed by atoms with E-state index in [2.05, 4.69) is 9.97 Å². The Morgan fingerprint density at radius 3 is 2.44 bits per heavy atom. The van der Waals surface area contributed by atoms with Crippen LogP contribution in [0.15, 0.2) is 48.7 Å². The highest BCUT2D eigenvalue weighted by Crippen LogP contribution is 2.39. The van der Waals surface area contributed by atoms with Crippen molar-refractivity contribution in [1.82, 2.24) is 9.97 Å². The molecular weight excluding hydrogens is 340 g/mol. The van der Waals surface area contributed by atoms with E-state index in [1.54, 1.807) is 31.4 Å². The van der Waals surface area contributed by atoms with Gasteiger partial charge in [0.1, 0.15) is 11.5 Å². The number of H-pyrrole nitrogens is 1. The third-order valence-electron chi connectivity index (χ3n) is 3.54. The molecule has 0 aliphatic rings. The van der Waals surface area contributed by atoms with E-state index in [9.17, 15) is 5.11 Å². The topological polar surface area (TPSA) is 76.6 Å². The van der Waals surface area contributed by atoms with Crippen molar-refractivity contribution >= 4 is 12.2 Å². The predicted octanol–water partition coefficient (Wildman–Crippen LogP) is 4.32. The molecule has 3 aromatic rings. The maximum absolute atomic E-state index is 10.3. The van der Waals surface area contributed by atoms with E-state index in [0.29, 0.717) is 34.3 Å². The van der Waals surface area contributed by atoms with E-state index in [1.165, 1.54) is 19.4 Å². The third kappa shape index (κ3) is 3.56. The first kappa shape index (κ1) is 16.8. The van der Waals surface area contributed by atoms with Crippen LogP contribution in [0.3, 0.4) is 0 Å². The minimum atomic E-state index is 0.0288. The third-order valence-corrected chi connectivity index (χ3v) is 3.75. The lowest BCUT2D eigenvalue weighted by Gasteiger charge is -2.14. The normalized spacial score (nSPS) is 10.3. The van der Waals surface area contributed by atoms with Gasteiger partial charge < -0.3 is 24.3 Å². The van der Waals surface area contributed by atoms with Crippen LogP contribution in [0.5, 0.6) is 28.7 Å². The standard InChI is InChI=1S/C18H16N2O4S/c1-22-11-7-8-12(13(21)9-11)17-16(10-19-18(25)20-17)24-15-6-4-3-5-14(15)23-2/h3-10,21H,1-2H3,(H,19,20,25). The Bertz CT molecular complexity index is 956. The molecule has 0 aliphatic heterocycles. The molecule has 25 heavy (non-hydrogen) atoms. The molecule has 0 atom stereocenters. The summed E-state index contributed by atoms with van der Waals surface area (Å²) in [7, 11) is 3.10. The van der Waals surface area contributed by atoms with Crippen LogP contribution in [-0.2, 0) is 0 Å². The fourth-order valence-corrected chi connectivity index (χ4v) is 2.49. The summed E-state index contributed by atoms with van der Waals surface area (Å²) < 4.78 is 16.6. The summed E-state index contributed by atoms with van der Waals surface area (Å²) in [6, 6.07) is 12.2. The van der Waals surface area contributed by atoms with Crippen LogP contribution in [-0.4, -0.2) is 29.3 Å². The van der Waals surface area contributed by atoms with E-state index in [4.69, 9.17) is 26.4 Å². The summed E-state index contributed by atoms with van der Waals surface area (Å²) in [5, 5.41) is 10.3. The van der Waals surface area contributed by atoms with Crippen LogP contribution in [0.4, 0.5) is 0 Å². The Labute approximate surface area is 149 Å². The Balaban J connectivity index is 2.09. The molecule has 7 heteroatoms. The number of aromatic amines is 1. The second-order valence-corrected chi connectivity index (χ2v) is 5.45. The van der Waals surface area contributed by atoms with Crippen molar-refractivity contribution in [3.05, 3.63) is 53.4 Å². The van der Waals surface area contributed by atoms with Crippen LogP contribution < -0.4 is 14.2 Å². The van der Waals surface area contributed by atoms with E-state index in [0.717, 1.165) is 0 Å². The number of hydrogen-bond acceptors (Lipinski definition) is 6. The number of rotatable bonds is 5. The number of para-hydroxylation sites is 2. The lowest BCUT2D eigenvalue weighted by atomic mass is 10.1. The first-order valence-corrected chi connectivity index (χ1v) is 7.80.